The summed E-state index contributed by atoms with van der Waals surface area (Å²) in [5.41, 5.74) is 2.87. The molecule has 6 unspecified atom stereocenters. The highest BCUT2D eigenvalue weighted by atomic mass is 16.2. The van der Waals surface area contributed by atoms with E-state index < -0.39 is 48.3 Å². The van der Waals surface area contributed by atoms with E-state index in [1.54, 1.807) is 37.7 Å². The second-order valence-electron chi connectivity index (χ2n) is 21.2. The SMILES string of the molecule is CN[C@@H](C)C(=O)N[C@H]1CCCCC2CC[C@@H](C(=O)NC(c3ccccc3)c3cn(CC4CCC(n5cc(C(NC(=O)[C@@H]6CCC7CCCC[C@H](NC(=O)[C@H](C)NC)C(=O)N76)c6ccccc6)nn5)C4)nn3)N2C1=O. The Hall–Kier alpha value is -6.54. The largest absolute Gasteiger partial charge is 0.343 e. The zero-order valence-electron chi connectivity index (χ0n) is 43.2. The Morgan fingerprint density at radius 2 is 1.03 bits per heavy atom. The minimum absolute atomic E-state index is 0.0561. The summed E-state index contributed by atoms with van der Waals surface area (Å²) in [6.45, 7) is 4.11. The number of aromatic nitrogens is 6. The van der Waals surface area contributed by atoms with Crippen LogP contribution in [0.4, 0.5) is 0 Å². The number of amides is 6. The van der Waals surface area contributed by atoms with E-state index in [4.69, 9.17) is 0 Å². The fourth-order valence-electron chi connectivity index (χ4n) is 12.0. The summed E-state index contributed by atoms with van der Waals surface area (Å²) in [6, 6.07) is 14.4. The Kier molecular flexibility index (Phi) is 16.8. The van der Waals surface area contributed by atoms with Gasteiger partial charge in [0.1, 0.15) is 35.6 Å². The number of fused-ring (bicyclic) bond motifs is 2. The molecule has 20 nitrogen and oxygen atoms in total. The third-order valence-electron chi connectivity index (χ3n) is 16.4. The lowest BCUT2D eigenvalue weighted by atomic mass is 9.98. The molecule has 0 radical (unpaired) electrons. The predicted molar refractivity (Wildman–Crippen MR) is 274 cm³/mol. The fourth-order valence-corrected chi connectivity index (χ4v) is 12.0. The topological polar surface area (TPSA) is 242 Å². The van der Waals surface area contributed by atoms with Gasteiger partial charge in [0.05, 0.1) is 42.6 Å². The van der Waals surface area contributed by atoms with E-state index in [1.165, 1.54) is 0 Å². The number of rotatable bonds is 17. The maximum Gasteiger partial charge on any atom is 0.246 e. The molecule has 1 aliphatic carbocycles. The number of nitrogens with zero attached hydrogens (tertiary/aromatic N) is 8. The van der Waals surface area contributed by atoms with Gasteiger partial charge in [-0.25, -0.2) is 4.68 Å². The quantitative estimate of drug-likeness (QED) is 0.0893. The molecule has 4 saturated heterocycles. The highest BCUT2D eigenvalue weighted by Crippen LogP contribution is 2.37. The monoisotopic (exact) mass is 1010 g/mol. The van der Waals surface area contributed by atoms with Crippen molar-refractivity contribution in [2.45, 2.75) is 183 Å². The molecular weight excluding hydrogens is 941 g/mol. The van der Waals surface area contributed by atoms with Crippen LogP contribution in [0.1, 0.15) is 151 Å². The van der Waals surface area contributed by atoms with E-state index in [0.717, 1.165) is 81.8 Å². The first-order valence-electron chi connectivity index (χ1n) is 27.0. The molecule has 12 atom stereocenters. The number of benzene rings is 2. The molecule has 2 aromatic heterocycles. The van der Waals surface area contributed by atoms with Crippen molar-refractivity contribution in [1.29, 1.82) is 0 Å². The van der Waals surface area contributed by atoms with Gasteiger partial charge in [-0.05, 0) is 116 Å². The minimum Gasteiger partial charge on any atom is -0.343 e. The van der Waals surface area contributed by atoms with Gasteiger partial charge in [0.2, 0.25) is 35.4 Å². The second kappa shape index (κ2) is 23.8. The van der Waals surface area contributed by atoms with Crippen molar-refractivity contribution < 1.29 is 28.8 Å². The van der Waals surface area contributed by atoms with Crippen molar-refractivity contribution in [2.75, 3.05) is 14.1 Å². The van der Waals surface area contributed by atoms with Crippen LogP contribution < -0.4 is 31.9 Å². The van der Waals surface area contributed by atoms with E-state index in [0.29, 0.717) is 43.6 Å². The van der Waals surface area contributed by atoms with Gasteiger partial charge in [-0.2, -0.15) is 0 Å². The number of nitrogens with one attached hydrogen (secondary N) is 6. The van der Waals surface area contributed by atoms with E-state index in [1.807, 2.05) is 82.4 Å². The lowest BCUT2D eigenvalue weighted by molar-refractivity contribution is -0.144. The first kappa shape index (κ1) is 52.3. The molecular formula is C54H74N14O6. The lowest BCUT2D eigenvalue weighted by Crippen LogP contribution is -2.58. The highest BCUT2D eigenvalue weighted by molar-refractivity contribution is 5.95. The molecule has 6 heterocycles. The van der Waals surface area contributed by atoms with Crippen LogP contribution in [-0.2, 0) is 35.3 Å². The van der Waals surface area contributed by atoms with E-state index in [-0.39, 0.29) is 59.5 Å². The van der Waals surface area contributed by atoms with Gasteiger partial charge in [0.15, 0.2) is 0 Å². The van der Waals surface area contributed by atoms with Crippen molar-refractivity contribution >= 4 is 35.4 Å². The Morgan fingerprint density at radius 3 is 1.53 bits per heavy atom. The van der Waals surface area contributed by atoms with Gasteiger partial charge in [0.25, 0.3) is 0 Å². The van der Waals surface area contributed by atoms with Crippen LogP contribution >= 0.6 is 0 Å². The Morgan fingerprint density at radius 1 is 0.568 bits per heavy atom. The van der Waals surface area contributed by atoms with Crippen molar-refractivity contribution in [3.8, 4) is 0 Å². The van der Waals surface area contributed by atoms with Crippen LogP contribution in [0.5, 0.6) is 0 Å². The summed E-state index contributed by atoms with van der Waals surface area (Å²) >= 11 is 0. The molecule has 6 N–H and O–H groups in total. The Balaban J connectivity index is 0.856. The molecule has 20 heteroatoms. The molecule has 5 aliphatic rings. The molecule has 4 aliphatic heterocycles. The highest BCUT2D eigenvalue weighted by Gasteiger charge is 2.46. The Bertz CT molecular complexity index is 2590. The third kappa shape index (κ3) is 11.7. The van der Waals surface area contributed by atoms with Crippen molar-refractivity contribution in [2.24, 2.45) is 5.92 Å². The Labute approximate surface area is 433 Å². The van der Waals surface area contributed by atoms with Crippen LogP contribution in [0, 0.1) is 5.92 Å². The van der Waals surface area contributed by atoms with Crippen LogP contribution in [0.3, 0.4) is 0 Å². The van der Waals surface area contributed by atoms with Crippen molar-refractivity contribution in [3.05, 3.63) is 95.6 Å². The predicted octanol–water partition coefficient (Wildman–Crippen LogP) is 3.37. The van der Waals surface area contributed by atoms with E-state index >= 15 is 0 Å². The number of hydrogen-bond donors (Lipinski definition) is 6. The third-order valence-corrected chi connectivity index (χ3v) is 16.4. The van der Waals surface area contributed by atoms with E-state index in [2.05, 4.69) is 52.5 Å². The molecule has 6 amide bonds. The summed E-state index contributed by atoms with van der Waals surface area (Å²) in [5.74, 6) is -1.17. The molecule has 0 spiro atoms. The van der Waals surface area contributed by atoms with Gasteiger partial charge >= 0.3 is 0 Å². The van der Waals surface area contributed by atoms with Crippen LogP contribution in [0.2, 0.25) is 0 Å². The van der Waals surface area contributed by atoms with Crippen molar-refractivity contribution in [3.63, 3.8) is 0 Å². The minimum atomic E-state index is -0.696. The molecule has 396 valence electrons. The van der Waals surface area contributed by atoms with Crippen LogP contribution in [0.25, 0.3) is 0 Å². The average Bonchev–Trinajstić information content (AvgIpc) is 4.29. The molecule has 9 rings (SSSR count). The molecule has 5 fully saturated rings. The smallest absolute Gasteiger partial charge is 0.246 e. The van der Waals surface area contributed by atoms with Crippen LogP contribution in [-0.4, -0.2) is 138 Å². The lowest BCUT2D eigenvalue weighted by Gasteiger charge is -2.36. The van der Waals surface area contributed by atoms with Crippen molar-refractivity contribution in [1.82, 2.24) is 71.7 Å². The standard InChI is InChI=1S/C54H74N14O6/c1-33(55-3)49(69)57-41-21-13-11-19-38-25-27-45(67(38)53(41)73)51(71)59-47(36-15-7-5-8-16-36)43-31-65(63-61-43)30-35-23-24-40(29-35)66-32-44(62-64-66)48(37-17-9-6-10-18-37)60-52(72)46-28-26-39-20-12-14-22-42(54(74)68(39)46)58-50(70)34(2)56-4/h5-10,15-18,31-35,38-42,45-48,55-56H,11-14,19-30H2,1-4H3,(H,57,69)(H,58,70)(H,59,71)(H,60,72)/t33-,34-,35?,38?,39?,40?,41-,42-,45-,46-,47?,48?/m0/s1. The number of carbonyl (C=O) groups excluding carboxylic acids is 6. The molecule has 0 bridgehead atoms. The molecule has 1 saturated carbocycles. The van der Waals surface area contributed by atoms with Gasteiger partial charge in [-0.1, -0.05) is 96.8 Å². The first-order valence-corrected chi connectivity index (χ1v) is 27.0. The maximum absolute atomic E-state index is 14.4. The zero-order chi connectivity index (χ0) is 51.9. The maximum atomic E-state index is 14.4. The zero-order valence-corrected chi connectivity index (χ0v) is 43.2. The summed E-state index contributed by atoms with van der Waals surface area (Å²) in [6.07, 6.45) is 15.1. The molecule has 4 aromatic rings. The number of likely N-dealkylation sites (N-methyl/N-ethyl adjacent to an activating group) is 2. The normalized spacial score (nSPS) is 26.8. The molecule has 74 heavy (non-hydrogen) atoms. The summed E-state index contributed by atoms with van der Waals surface area (Å²) in [5, 5.41) is 36.8. The van der Waals surface area contributed by atoms with Crippen LogP contribution in [0.15, 0.2) is 73.1 Å². The summed E-state index contributed by atoms with van der Waals surface area (Å²) < 4.78 is 3.75. The number of carbonyl (C=O) groups is 6. The second-order valence-corrected chi connectivity index (χ2v) is 21.2. The van der Waals surface area contributed by atoms with Gasteiger partial charge in [-0.15, -0.1) is 10.2 Å². The van der Waals surface area contributed by atoms with E-state index in [9.17, 15) is 28.8 Å². The average molecular weight is 1020 g/mol. The first-order chi connectivity index (χ1) is 35.9. The number of hydrogen-bond acceptors (Lipinski definition) is 12. The van der Waals surface area contributed by atoms with Gasteiger partial charge in [0, 0.05) is 18.6 Å². The summed E-state index contributed by atoms with van der Waals surface area (Å²) in [4.78, 5) is 86.5. The molecule has 2 aromatic carbocycles. The fraction of sp³-hybridized carbons (Fsp3) is 0.593. The van der Waals surface area contributed by atoms with Gasteiger partial charge < -0.3 is 41.7 Å². The van der Waals surface area contributed by atoms with Gasteiger partial charge in [-0.3, -0.25) is 33.4 Å². The summed E-state index contributed by atoms with van der Waals surface area (Å²) in [7, 11) is 3.41.